The first kappa shape index (κ1) is 15.5. The number of amides is 1. The molecule has 0 radical (unpaired) electrons. The zero-order valence-corrected chi connectivity index (χ0v) is 14.4. The van der Waals surface area contributed by atoms with Crippen molar-refractivity contribution in [3.8, 4) is 0 Å². The molecule has 0 saturated carbocycles. The number of thioether (sulfide) groups is 1. The standard InChI is InChI=1S/C14H19N5OS2/c1-10-16-17-14(22-10)21-9-12(20)19-6-3-4-11(8-19)13-15-5-7-18(13)2/h5,7,11H,3-4,6,8-9H2,1-2H3/t11-/m1/s1. The van der Waals surface area contributed by atoms with Gasteiger partial charge in [-0.15, -0.1) is 10.2 Å². The Hall–Kier alpha value is -1.41. The molecule has 0 aromatic carbocycles. The van der Waals surface area contributed by atoms with Gasteiger partial charge in [-0.25, -0.2) is 4.98 Å². The lowest BCUT2D eigenvalue weighted by atomic mass is 9.97. The number of aryl methyl sites for hydroxylation is 2. The van der Waals surface area contributed by atoms with E-state index in [1.165, 1.54) is 23.1 Å². The van der Waals surface area contributed by atoms with Gasteiger partial charge in [0.15, 0.2) is 4.34 Å². The third-order valence-electron chi connectivity index (χ3n) is 3.82. The fourth-order valence-corrected chi connectivity index (χ4v) is 4.45. The molecular formula is C14H19N5OS2. The summed E-state index contributed by atoms with van der Waals surface area (Å²) in [6.45, 7) is 3.53. The van der Waals surface area contributed by atoms with E-state index in [1.807, 2.05) is 31.3 Å². The van der Waals surface area contributed by atoms with E-state index >= 15 is 0 Å². The largest absolute Gasteiger partial charge is 0.341 e. The Labute approximate surface area is 137 Å². The number of likely N-dealkylation sites (tertiary alicyclic amines) is 1. The summed E-state index contributed by atoms with van der Waals surface area (Å²) in [4.78, 5) is 18.8. The Kier molecular flexibility index (Phi) is 4.77. The van der Waals surface area contributed by atoms with E-state index in [0.29, 0.717) is 11.7 Å². The van der Waals surface area contributed by atoms with E-state index in [-0.39, 0.29) is 5.91 Å². The van der Waals surface area contributed by atoms with Crippen LogP contribution in [0.1, 0.15) is 29.6 Å². The normalized spacial score (nSPS) is 18.6. The Balaban J connectivity index is 1.57. The van der Waals surface area contributed by atoms with E-state index < -0.39 is 0 Å². The van der Waals surface area contributed by atoms with Gasteiger partial charge in [0, 0.05) is 38.4 Å². The number of aromatic nitrogens is 4. The molecule has 2 aromatic heterocycles. The minimum Gasteiger partial charge on any atom is -0.341 e. The van der Waals surface area contributed by atoms with Crippen molar-refractivity contribution in [2.45, 2.75) is 30.0 Å². The molecule has 0 bridgehead atoms. The maximum absolute atomic E-state index is 12.4. The van der Waals surface area contributed by atoms with E-state index in [4.69, 9.17) is 0 Å². The maximum atomic E-state index is 12.4. The van der Waals surface area contributed by atoms with Crippen molar-refractivity contribution < 1.29 is 4.79 Å². The Bertz CT molecular complexity index is 653. The SMILES string of the molecule is Cc1nnc(SCC(=O)N2CCC[C@@H](c3nccn3C)C2)s1. The number of rotatable bonds is 4. The van der Waals surface area contributed by atoms with E-state index in [0.717, 1.165) is 41.1 Å². The van der Waals surface area contributed by atoms with Crippen LogP contribution in [0.15, 0.2) is 16.7 Å². The van der Waals surface area contributed by atoms with Crippen LogP contribution in [0.4, 0.5) is 0 Å². The number of hydrogen-bond donors (Lipinski definition) is 0. The Morgan fingerprint density at radius 3 is 3.05 bits per heavy atom. The van der Waals surface area contributed by atoms with Crippen LogP contribution in [0, 0.1) is 6.92 Å². The molecular weight excluding hydrogens is 318 g/mol. The second kappa shape index (κ2) is 6.78. The number of piperidine rings is 1. The van der Waals surface area contributed by atoms with Crippen molar-refractivity contribution in [3.63, 3.8) is 0 Å². The number of carbonyl (C=O) groups is 1. The number of nitrogens with zero attached hydrogens (tertiary/aromatic N) is 5. The van der Waals surface area contributed by atoms with Crippen LogP contribution in [0.25, 0.3) is 0 Å². The van der Waals surface area contributed by atoms with Gasteiger partial charge in [0.2, 0.25) is 5.91 Å². The number of carbonyl (C=O) groups excluding carboxylic acids is 1. The number of imidazole rings is 1. The average molecular weight is 337 g/mol. The summed E-state index contributed by atoms with van der Waals surface area (Å²) in [7, 11) is 2.01. The van der Waals surface area contributed by atoms with Gasteiger partial charge in [-0.1, -0.05) is 23.1 Å². The molecule has 0 unspecified atom stereocenters. The quantitative estimate of drug-likeness (QED) is 0.799. The summed E-state index contributed by atoms with van der Waals surface area (Å²) in [5, 5.41) is 8.95. The van der Waals surface area contributed by atoms with Crippen LogP contribution in [0.2, 0.25) is 0 Å². The Morgan fingerprint density at radius 2 is 2.36 bits per heavy atom. The van der Waals surface area contributed by atoms with Crippen LogP contribution in [-0.2, 0) is 11.8 Å². The van der Waals surface area contributed by atoms with Crippen LogP contribution < -0.4 is 0 Å². The lowest BCUT2D eigenvalue weighted by Crippen LogP contribution is -2.40. The summed E-state index contributed by atoms with van der Waals surface area (Å²) in [6, 6.07) is 0. The molecule has 6 nitrogen and oxygen atoms in total. The van der Waals surface area contributed by atoms with Gasteiger partial charge in [-0.05, 0) is 19.8 Å². The highest BCUT2D eigenvalue weighted by Gasteiger charge is 2.27. The molecule has 1 amide bonds. The molecule has 1 aliphatic heterocycles. The fraction of sp³-hybridized carbons (Fsp3) is 0.571. The summed E-state index contributed by atoms with van der Waals surface area (Å²) in [6.07, 6.45) is 5.91. The molecule has 1 saturated heterocycles. The van der Waals surface area contributed by atoms with Gasteiger partial charge in [0.1, 0.15) is 10.8 Å². The van der Waals surface area contributed by atoms with E-state index in [2.05, 4.69) is 19.7 Å². The van der Waals surface area contributed by atoms with Crippen molar-refractivity contribution in [2.75, 3.05) is 18.8 Å². The first-order valence-corrected chi connectivity index (χ1v) is 9.11. The highest BCUT2D eigenvalue weighted by atomic mass is 32.2. The molecule has 0 N–H and O–H groups in total. The van der Waals surface area contributed by atoms with Gasteiger partial charge in [-0.2, -0.15) is 0 Å². The van der Waals surface area contributed by atoms with Gasteiger partial charge >= 0.3 is 0 Å². The van der Waals surface area contributed by atoms with E-state index in [1.54, 1.807) is 0 Å². The molecule has 8 heteroatoms. The van der Waals surface area contributed by atoms with E-state index in [9.17, 15) is 4.79 Å². The second-order valence-electron chi connectivity index (χ2n) is 5.45. The third kappa shape index (κ3) is 3.49. The average Bonchev–Trinajstić information content (AvgIpc) is 3.13. The zero-order valence-electron chi connectivity index (χ0n) is 12.7. The van der Waals surface area contributed by atoms with Gasteiger partial charge in [0.05, 0.1) is 5.75 Å². The van der Waals surface area contributed by atoms with Gasteiger partial charge in [-0.3, -0.25) is 4.79 Å². The maximum Gasteiger partial charge on any atom is 0.233 e. The fourth-order valence-electron chi connectivity index (χ4n) is 2.74. The smallest absolute Gasteiger partial charge is 0.233 e. The minimum absolute atomic E-state index is 0.178. The van der Waals surface area contributed by atoms with Crippen molar-refractivity contribution in [1.82, 2.24) is 24.6 Å². The molecule has 118 valence electrons. The molecule has 22 heavy (non-hydrogen) atoms. The lowest BCUT2D eigenvalue weighted by molar-refractivity contribution is -0.129. The predicted molar refractivity (Wildman–Crippen MR) is 87.1 cm³/mol. The topological polar surface area (TPSA) is 63.9 Å². The first-order chi connectivity index (χ1) is 10.6. The molecule has 3 heterocycles. The monoisotopic (exact) mass is 337 g/mol. The van der Waals surface area contributed by atoms with Gasteiger partial charge in [0.25, 0.3) is 0 Å². The highest BCUT2D eigenvalue weighted by Crippen LogP contribution is 2.27. The van der Waals surface area contributed by atoms with Crippen LogP contribution in [-0.4, -0.2) is 49.4 Å². The summed E-state index contributed by atoms with van der Waals surface area (Å²) < 4.78 is 2.92. The summed E-state index contributed by atoms with van der Waals surface area (Å²) in [5.41, 5.74) is 0. The highest BCUT2D eigenvalue weighted by molar-refractivity contribution is 8.01. The Morgan fingerprint density at radius 1 is 1.50 bits per heavy atom. The molecule has 2 aromatic rings. The molecule has 1 aliphatic rings. The van der Waals surface area contributed by atoms with Crippen molar-refractivity contribution in [3.05, 3.63) is 23.2 Å². The lowest BCUT2D eigenvalue weighted by Gasteiger charge is -2.32. The predicted octanol–water partition coefficient (Wildman–Crippen LogP) is 2.08. The van der Waals surface area contributed by atoms with Gasteiger partial charge < -0.3 is 9.47 Å². The molecule has 0 aliphatic carbocycles. The second-order valence-corrected chi connectivity index (χ2v) is 7.86. The van der Waals surface area contributed by atoms with Crippen LogP contribution in [0.5, 0.6) is 0 Å². The van der Waals surface area contributed by atoms with Crippen molar-refractivity contribution in [2.24, 2.45) is 7.05 Å². The molecule has 1 fully saturated rings. The van der Waals surface area contributed by atoms with Crippen molar-refractivity contribution >= 4 is 29.0 Å². The molecule has 0 spiro atoms. The third-order valence-corrected chi connectivity index (χ3v) is 5.78. The van der Waals surface area contributed by atoms with Crippen LogP contribution in [0.3, 0.4) is 0 Å². The van der Waals surface area contributed by atoms with Crippen molar-refractivity contribution in [1.29, 1.82) is 0 Å². The zero-order chi connectivity index (χ0) is 15.5. The first-order valence-electron chi connectivity index (χ1n) is 7.31. The van der Waals surface area contributed by atoms with Crippen LogP contribution >= 0.6 is 23.1 Å². The summed E-state index contributed by atoms with van der Waals surface area (Å²) in [5.74, 6) is 2.02. The minimum atomic E-state index is 0.178. The molecule has 3 rings (SSSR count). The molecule has 1 atom stereocenters. The number of hydrogen-bond acceptors (Lipinski definition) is 6. The summed E-state index contributed by atoms with van der Waals surface area (Å²) >= 11 is 3.01.